The molecule has 0 aliphatic heterocycles. The van der Waals surface area contributed by atoms with Crippen LogP contribution in [-0.4, -0.2) is 14.8 Å². The second-order valence-electron chi connectivity index (χ2n) is 4.24. The highest BCUT2D eigenvalue weighted by atomic mass is 15.3. The zero-order chi connectivity index (χ0) is 9.80. The Hall–Kier alpha value is -0.860. The number of hydrogen-bond donors (Lipinski definition) is 0. The molecule has 0 unspecified atom stereocenters. The summed E-state index contributed by atoms with van der Waals surface area (Å²) in [6.07, 6.45) is 9.99. The Kier molecular flexibility index (Phi) is 3.17. The molecule has 1 aromatic heterocycles. The van der Waals surface area contributed by atoms with Crippen LogP contribution in [-0.2, 0) is 13.0 Å². The van der Waals surface area contributed by atoms with Crippen LogP contribution < -0.4 is 0 Å². The van der Waals surface area contributed by atoms with Crippen LogP contribution in [0.25, 0.3) is 0 Å². The van der Waals surface area contributed by atoms with Gasteiger partial charge in [0.15, 0.2) is 0 Å². The zero-order valence-corrected chi connectivity index (χ0v) is 8.95. The van der Waals surface area contributed by atoms with E-state index < -0.39 is 0 Å². The van der Waals surface area contributed by atoms with E-state index in [0.29, 0.717) is 0 Å². The molecule has 78 valence electrons. The minimum absolute atomic E-state index is 0.859. The number of rotatable bonds is 3. The first-order valence-corrected chi connectivity index (χ1v) is 5.77. The van der Waals surface area contributed by atoms with Gasteiger partial charge < -0.3 is 4.57 Å². The lowest BCUT2D eigenvalue weighted by molar-refractivity contribution is 0.348. The first-order chi connectivity index (χ1) is 6.90. The molecule has 1 fully saturated rings. The van der Waals surface area contributed by atoms with Crippen LogP contribution in [0.15, 0.2) is 6.33 Å². The first kappa shape index (κ1) is 9.69. The summed E-state index contributed by atoms with van der Waals surface area (Å²) in [6.45, 7) is 3.14. The molecule has 2 rings (SSSR count). The molecule has 3 heteroatoms. The monoisotopic (exact) mass is 193 g/mol. The molecule has 3 nitrogen and oxygen atoms in total. The normalized spacial score (nSPS) is 18.6. The van der Waals surface area contributed by atoms with Gasteiger partial charge in [-0.05, 0) is 12.8 Å². The molecule has 0 radical (unpaired) electrons. The van der Waals surface area contributed by atoms with Gasteiger partial charge in [0, 0.05) is 13.0 Å². The molecule has 1 heterocycles. The van der Waals surface area contributed by atoms with Crippen LogP contribution in [0.2, 0.25) is 0 Å². The Morgan fingerprint density at radius 1 is 1.36 bits per heavy atom. The van der Waals surface area contributed by atoms with E-state index in [1.54, 1.807) is 0 Å². The predicted molar refractivity (Wildman–Crippen MR) is 56.0 cm³/mol. The fourth-order valence-electron chi connectivity index (χ4n) is 2.35. The summed E-state index contributed by atoms with van der Waals surface area (Å²) in [5, 5.41) is 8.17. The second kappa shape index (κ2) is 4.58. The number of nitrogens with zero attached hydrogens (tertiary/aromatic N) is 3. The van der Waals surface area contributed by atoms with Gasteiger partial charge in [0.1, 0.15) is 12.2 Å². The average molecular weight is 193 g/mol. The Balaban J connectivity index is 1.95. The molecule has 0 amide bonds. The van der Waals surface area contributed by atoms with Crippen molar-refractivity contribution in [2.45, 2.75) is 52.0 Å². The topological polar surface area (TPSA) is 30.7 Å². The van der Waals surface area contributed by atoms with Crippen LogP contribution in [0.3, 0.4) is 0 Å². The lowest BCUT2D eigenvalue weighted by atomic mass is 9.87. The van der Waals surface area contributed by atoms with E-state index in [1.165, 1.54) is 37.9 Å². The minimum atomic E-state index is 0.859. The largest absolute Gasteiger partial charge is 0.318 e. The van der Waals surface area contributed by atoms with Crippen molar-refractivity contribution in [1.29, 1.82) is 0 Å². The van der Waals surface area contributed by atoms with Gasteiger partial charge in [-0.1, -0.05) is 32.1 Å². The lowest BCUT2D eigenvalue weighted by Gasteiger charge is -2.20. The maximum absolute atomic E-state index is 4.19. The standard InChI is InChI=1S/C11H19N3/c1-2-14-9-12-13-11(14)8-10-6-4-3-5-7-10/h9-10H,2-8H2,1H3. The van der Waals surface area contributed by atoms with Crippen molar-refractivity contribution in [2.75, 3.05) is 0 Å². The van der Waals surface area contributed by atoms with Gasteiger partial charge >= 0.3 is 0 Å². The smallest absolute Gasteiger partial charge is 0.133 e. The molecule has 14 heavy (non-hydrogen) atoms. The SMILES string of the molecule is CCn1cnnc1CC1CCCCC1. The summed E-state index contributed by atoms with van der Waals surface area (Å²) in [7, 11) is 0. The fraction of sp³-hybridized carbons (Fsp3) is 0.818. The van der Waals surface area contributed by atoms with Gasteiger partial charge in [-0.25, -0.2) is 0 Å². The van der Waals surface area contributed by atoms with Crippen LogP contribution >= 0.6 is 0 Å². The Labute approximate surface area is 85.5 Å². The highest BCUT2D eigenvalue weighted by Crippen LogP contribution is 2.26. The van der Waals surface area contributed by atoms with E-state index in [-0.39, 0.29) is 0 Å². The van der Waals surface area contributed by atoms with Crippen molar-refractivity contribution in [2.24, 2.45) is 5.92 Å². The quantitative estimate of drug-likeness (QED) is 0.738. The first-order valence-electron chi connectivity index (χ1n) is 5.77. The average Bonchev–Trinajstić information content (AvgIpc) is 2.67. The van der Waals surface area contributed by atoms with E-state index in [9.17, 15) is 0 Å². The molecule has 1 aliphatic rings. The maximum Gasteiger partial charge on any atom is 0.133 e. The van der Waals surface area contributed by atoms with Gasteiger partial charge in [0.25, 0.3) is 0 Å². The van der Waals surface area contributed by atoms with Crippen LogP contribution in [0.5, 0.6) is 0 Å². The van der Waals surface area contributed by atoms with E-state index in [0.717, 1.165) is 18.9 Å². The second-order valence-corrected chi connectivity index (χ2v) is 4.24. The Morgan fingerprint density at radius 2 is 2.14 bits per heavy atom. The van der Waals surface area contributed by atoms with Crippen molar-refractivity contribution >= 4 is 0 Å². The van der Waals surface area contributed by atoms with E-state index in [1.807, 2.05) is 6.33 Å². The molecular formula is C11H19N3. The number of aryl methyl sites for hydroxylation is 1. The summed E-state index contributed by atoms with van der Waals surface area (Å²) in [6, 6.07) is 0. The third kappa shape index (κ3) is 2.14. The highest BCUT2D eigenvalue weighted by molar-refractivity contribution is 4.88. The summed E-state index contributed by atoms with van der Waals surface area (Å²) in [5.41, 5.74) is 0. The molecular weight excluding hydrogens is 174 g/mol. The third-order valence-corrected chi connectivity index (χ3v) is 3.23. The molecule has 0 aromatic carbocycles. The van der Waals surface area contributed by atoms with Crippen molar-refractivity contribution in [3.8, 4) is 0 Å². The van der Waals surface area contributed by atoms with Crippen molar-refractivity contribution < 1.29 is 0 Å². The number of hydrogen-bond acceptors (Lipinski definition) is 2. The van der Waals surface area contributed by atoms with Gasteiger partial charge in [0.2, 0.25) is 0 Å². The molecule has 0 N–H and O–H groups in total. The summed E-state index contributed by atoms with van der Waals surface area (Å²) in [5.74, 6) is 2.04. The summed E-state index contributed by atoms with van der Waals surface area (Å²) < 4.78 is 2.16. The molecule has 1 aromatic rings. The zero-order valence-electron chi connectivity index (χ0n) is 8.95. The van der Waals surface area contributed by atoms with Crippen LogP contribution in [0.4, 0.5) is 0 Å². The highest BCUT2D eigenvalue weighted by Gasteiger charge is 2.16. The van der Waals surface area contributed by atoms with Crippen molar-refractivity contribution in [3.05, 3.63) is 12.2 Å². The lowest BCUT2D eigenvalue weighted by Crippen LogP contribution is -2.12. The van der Waals surface area contributed by atoms with E-state index in [2.05, 4.69) is 21.7 Å². The van der Waals surface area contributed by atoms with E-state index >= 15 is 0 Å². The predicted octanol–water partition coefficient (Wildman–Crippen LogP) is 2.42. The fourth-order valence-corrected chi connectivity index (χ4v) is 2.35. The Bertz CT molecular complexity index is 274. The minimum Gasteiger partial charge on any atom is -0.318 e. The number of aromatic nitrogens is 3. The summed E-state index contributed by atoms with van der Waals surface area (Å²) >= 11 is 0. The van der Waals surface area contributed by atoms with Gasteiger partial charge in [0.05, 0.1) is 0 Å². The van der Waals surface area contributed by atoms with Crippen molar-refractivity contribution in [1.82, 2.24) is 14.8 Å². The molecule has 0 saturated heterocycles. The molecule has 0 bridgehead atoms. The molecule has 1 aliphatic carbocycles. The third-order valence-electron chi connectivity index (χ3n) is 3.23. The van der Waals surface area contributed by atoms with Crippen LogP contribution in [0.1, 0.15) is 44.9 Å². The Morgan fingerprint density at radius 3 is 2.86 bits per heavy atom. The van der Waals surface area contributed by atoms with Gasteiger partial charge in [-0.2, -0.15) is 0 Å². The maximum atomic E-state index is 4.19. The summed E-state index contributed by atoms with van der Waals surface area (Å²) in [4.78, 5) is 0. The van der Waals surface area contributed by atoms with Crippen molar-refractivity contribution in [3.63, 3.8) is 0 Å². The van der Waals surface area contributed by atoms with Crippen LogP contribution in [0, 0.1) is 5.92 Å². The van der Waals surface area contributed by atoms with Gasteiger partial charge in [-0.3, -0.25) is 0 Å². The van der Waals surface area contributed by atoms with E-state index in [4.69, 9.17) is 0 Å². The molecule has 0 spiro atoms. The molecule has 1 saturated carbocycles. The van der Waals surface area contributed by atoms with Gasteiger partial charge in [-0.15, -0.1) is 10.2 Å². The molecule has 0 atom stereocenters.